The van der Waals surface area contributed by atoms with Crippen LogP contribution in [0.15, 0.2) is 121 Å². The second-order valence-corrected chi connectivity index (χ2v) is 14.4. The number of hydrogen-bond donors (Lipinski definition) is 1. The molecule has 1 aliphatic heterocycles. The van der Waals surface area contributed by atoms with Gasteiger partial charge >= 0.3 is 0 Å². The summed E-state index contributed by atoms with van der Waals surface area (Å²) in [5.41, 5.74) is 4.00. The normalized spacial score (nSPS) is 23.8. The molecule has 0 radical (unpaired) electrons. The number of rotatable bonds is 7. The van der Waals surface area contributed by atoms with Crippen LogP contribution in [0.2, 0.25) is 10.0 Å². The summed E-state index contributed by atoms with van der Waals surface area (Å²) in [6.45, 7) is 0. The van der Waals surface area contributed by atoms with Crippen molar-refractivity contribution < 1.29 is 19.1 Å². The molecular weight excluding hydrogens is 702 g/mol. The lowest BCUT2D eigenvalue weighted by molar-refractivity contribution is -0.146. The van der Waals surface area contributed by atoms with Crippen LogP contribution >= 0.6 is 46.4 Å². The molecule has 5 aromatic rings. The number of halogens is 4. The summed E-state index contributed by atoms with van der Waals surface area (Å²) in [6, 6.07) is 34.6. The van der Waals surface area contributed by atoms with Crippen molar-refractivity contribution in [2.75, 3.05) is 5.32 Å². The highest BCUT2D eigenvalue weighted by molar-refractivity contribution is 6.36. The lowest BCUT2D eigenvalue weighted by atomic mass is 9.54. The first-order chi connectivity index (χ1) is 23.6. The maximum Gasteiger partial charge on any atom is 0.248 e. The molecule has 1 N–H and O–H groups in total. The predicted molar refractivity (Wildman–Crippen MR) is 191 cm³/mol. The Labute approximate surface area is 302 Å². The van der Waals surface area contributed by atoms with E-state index in [2.05, 4.69) is 5.32 Å². The summed E-state index contributed by atoms with van der Waals surface area (Å²) in [7, 11) is 0. The van der Waals surface area contributed by atoms with Gasteiger partial charge in [0.1, 0.15) is 27.3 Å². The van der Waals surface area contributed by atoms with Crippen LogP contribution in [0.1, 0.15) is 27.8 Å². The summed E-state index contributed by atoms with van der Waals surface area (Å²) in [5, 5.41) is 3.75. The number of carbonyl (C=O) groups is 3. The Kier molecular flexibility index (Phi) is 7.76. The van der Waals surface area contributed by atoms with Crippen molar-refractivity contribution in [1.82, 2.24) is 4.90 Å². The zero-order valence-corrected chi connectivity index (χ0v) is 28.6. The molecule has 0 spiro atoms. The fourth-order valence-corrected chi connectivity index (χ4v) is 9.20. The molecule has 0 aromatic heterocycles. The standard InChI is InChI=1S/C39H26Cl4N2O4/c40-23-14-19-32(30(41)21-23)49-25-17-15-24(16-18-25)44-35(46)31(20-22-8-2-1-3-9-22)45-36(47)33-34(37(45)48)39(43)27-11-5-4-10-26(27)38(33,42)28-12-6-7-13-29(28)39/h1-19,21,31,33-34H,20H2,(H,44,46)/t31-,33-,34+,38?,39?/m1/s1. The molecule has 10 heteroatoms. The van der Waals surface area contributed by atoms with Crippen LogP contribution < -0.4 is 10.1 Å². The number of nitrogens with one attached hydrogen (secondary N) is 1. The molecule has 244 valence electrons. The average Bonchev–Trinajstić information content (AvgIpc) is 3.39. The molecule has 0 unspecified atom stereocenters. The van der Waals surface area contributed by atoms with Crippen molar-refractivity contribution in [1.29, 1.82) is 0 Å². The minimum atomic E-state index is -1.35. The van der Waals surface area contributed by atoms with Crippen LogP contribution in [0, 0.1) is 11.8 Å². The zero-order valence-electron chi connectivity index (χ0n) is 25.6. The fraction of sp³-hybridized carbons (Fsp3) is 0.154. The zero-order chi connectivity index (χ0) is 34.1. The first-order valence-corrected chi connectivity index (χ1v) is 17.2. The molecule has 1 saturated heterocycles. The monoisotopic (exact) mass is 726 g/mol. The number of benzene rings is 5. The Bertz CT molecular complexity index is 2040. The van der Waals surface area contributed by atoms with Gasteiger partial charge in [-0.15, -0.1) is 23.2 Å². The molecule has 1 fully saturated rings. The third-order valence-electron chi connectivity index (χ3n) is 9.75. The predicted octanol–water partition coefficient (Wildman–Crippen LogP) is 8.93. The number of anilines is 1. The minimum absolute atomic E-state index is 0.0876. The van der Waals surface area contributed by atoms with E-state index in [-0.39, 0.29) is 6.42 Å². The van der Waals surface area contributed by atoms with Crippen molar-refractivity contribution in [3.8, 4) is 11.5 Å². The molecule has 1 heterocycles. The van der Waals surface area contributed by atoms with Crippen LogP contribution in [0.5, 0.6) is 11.5 Å². The van der Waals surface area contributed by atoms with E-state index in [9.17, 15) is 14.4 Å². The van der Waals surface area contributed by atoms with Crippen LogP contribution in [0.25, 0.3) is 0 Å². The van der Waals surface area contributed by atoms with E-state index in [4.69, 9.17) is 51.1 Å². The maximum absolute atomic E-state index is 14.7. The van der Waals surface area contributed by atoms with Gasteiger partial charge in [0, 0.05) is 17.1 Å². The third kappa shape index (κ3) is 4.88. The number of ether oxygens (including phenoxy) is 1. The molecule has 0 saturated carbocycles. The van der Waals surface area contributed by atoms with E-state index in [1.807, 2.05) is 78.9 Å². The molecule has 3 aliphatic carbocycles. The van der Waals surface area contributed by atoms with Gasteiger partial charge in [-0.2, -0.15) is 0 Å². The Morgan fingerprint density at radius 3 is 1.73 bits per heavy atom. The lowest BCUT2D eigenvalue weighted by Crippen LogP contribution is -2.57. The van der Waals surface area contributed by atoms with Gasteiger partial charge in [-0.3, -0.25) is 19.3 Å². The second-order valence-electron chi connectivity index (χ2n) is 12.4. The lowest BCUT2D eigenvalue weighted by Gasteiger charge is -2.54. The first kappa shape index (κ1) is 31.9. The fourth-order valence-electron chi connectivity index (χ4n) is 7.65. The van der Waals surface area contributed by atoms with Crippen molar-refractivity contribution in [2.24, 2.45) is 11.8 Å². The molecule has 2 bridgehead atoms. The first-order valence-electron chi connectivity index (χ1n) is 15.6. The van der Waals surface area contributed by atoms with Crippen LogP contribution in [-0.2, 0) is 30.6 Å². The third-order valence-corrected chi connectivity index (χ3v) is 11.6. The van der Waals surface area contributed by atoms with Crippen LogP contribution in [0.3, 0.4) is 0 Å². The van der Waals surface area contributed by atoms with Crippen LogP contribution in [-0.4, -0.2) is 28.7 Å². The Balaban J connectivity index is 1.15. The summed E-state index contributed by atoms with van der Waals surface area (Å²) in [5.74, 6) is -2.74. The highest BCUT2D eigenvalue weighted by Crippen LogP contribution is 2.69. The topological polar surface area (TPSA) is 75.7 Å². The maximum atomic E-state index is 14.7. The quantitative estimate of drug-likeness (QED) is 0.134. The summed E-state index contributed by atoms with van der Waals surface area (Å²) < 4.78 is 5.89. The van der Waals surface area contributed by atoms with E-state index in [1.165, 1.54) is 0 Å². The van der Waals surface area contributed by atoms with Gasteiger partial charge in [-0.05, 0) is 70.3 Å². The molecule has 3 amide bonds. The van der Waals surface area contributed by atoms with E-state index < -0.39 is 45.3 Å². The molecule has 6 nitrogen and oxygen atoms in total. The summed E-state index contributed by atoms with van der Waals surface area (Å²) >= 11 is 27.5. The Morgan fingerprint density at radius 2 is 1.22 bits per heavy atom. The summed E-state index contributed by atoms with van der Waals surface area (Å²) in [4.78, 5) is 42.1. The van der Waals surface area contributed by atoms with Gasteiger partial charge in [0.15, 0.2) is 0 Å². The van der Waals surface area contributed by atoms with Gasteiger partial charge in [-0.1, -0.05) is 102 Å². The molecule has 49 heavy (non-hydrogen) atoms. The number of imide groups is 1. The number of amides is 3. The van der Waals surface area contributed by atoms with Crippen LogP contribution in [0.4, 0.5) is 5.69 Å². The van der Waals surface area contributed by atoms with Crippen molar-refractivity contribution in [3.05, 3.63) is 159 Å². The SMILES string of the molecule is O=C(Nc1ccc(Oc2ccc(Cl)cc2Cl)cc1)[C@@H](Cc1ccccc1)N1C(=O)[C@@H]2[C@H](C1=O)C1(Cl)c3ccccc3C2(Cl)c2ccccc21. The van der Waals surface area contributed by atoms with E-state index in [1.54, 1.807) is 42.5 Å². The van der Waals surface area contributed by atoms with E-state index in [0.29, 0.717) is 49.5 Å². The highest BCUT2D eigenvalue weighted by atomic mass is 35.5. The van der Waals surface area contributed by atoms with Gasteiger partial charge in [0.05, 0.1) is 16.9 Å². The number of carbonyl (C=O) groups excluding carboxylic acids is 3. The van der Waals surface area contributed by atoms with Gasteiger partial charge < -0.3 is 10.1 Å². The minimum Gasteiger partial charge on any atom is -0.456 e. The Morgan fingerprint density at radius 1 is 0.714 bits per heavy atom. The molecular formula is C39H26Cl4N2O4. The van der Waals surface area contributed by atoms with E-state index in [0.717, 1.165) is 10.5 Å². The largest absolute Gasteiger partial charge is 0.456 e. The second kappa shape index (κ2) is 11.9. The van der Waals surface area contributed by atoms with Crippen molar-refractivity contribution >= 4 is 69.8 Å². The van der Waals surface area contributed by atoms with Crippen molar-refractivity contribution in [3.63, 3.8) is 0 Å². The van der Waals surface area contributed by atoms with Gasteiger partial charge in [-0.25, -0.2) is 0 Å². The van der Waals surface area contributed by atoms with E-state index >= 15 is 0 Å². The number of likely N-dealkylation sites (tertiary alicyclic amines) is 1. The summed E-state index contributed by atoms with van der Waals surface area (Å²) in [6.07, 6.45) is 0.0876. The molecule has 3 atom stereocenters. The average molecular weight is 728 g/mol. The number of hydrogen-bond acceptors (Lipinski definition) is 4. The number of nitrogens with zero attached hydrogens (tertiary/aromatic N) is 1. The smallest absolute Gasteiger partial charge is 0.248 e. The molecule has 9 rings (SSSR count). The number of alkyl halides is 2. The Hall–Kier alpha value is -4.33. The van der Waals surface area contributed by atoms with Gasteiger partial charge in [0.2, 0.25) is 17.7 Å². The molecule has 4 aliphatic rings. The molecule has 5 aromatic carbocycles. The van der Waals surface area contributed by atoms with Gasteiger partial charge in [0.25, 0.3) is 0 Å². The van der Waals surface area contributed by atoms with Crippen molar-refractivity contribution in [2.45, 2.75) is 22.2 Å². The highest BCUT2D eigenvalue weighted by Gasteiger charge is 2.73.